The van der Waals surface area contributed by atoms with Gasteiger partial charge in [-0.25, -0.2) is 0 Å². The number of nitriles is 1. The number of rotatable bonds is 9. The van der Waals surface area contributed by atoms with E-state index < -0.39 is 0 Å². The Balaban J connectivity index is 3.72. The smallest absolute Gasteiger partial charge is 0.0669 e. The highest BCUT2D eigenvalue weighted by molar-refractivity contribution is 4.87. The Kier molecular flexibility index (Phi) is 8.29. The summed E-state index contributed by atoms with van der Waals surface area (Å²) >= 11 is 0. The van der Waals surface area contributed by atoms with Gasteiger partial charge in [-0.05, 0) is 26.7 Å². The lowest BCUT2D eigenvalue weighted by molar-refractivity contribution is 0.350. The number of hydrogen-bond donors (Lipinski definition) is 1. The molecule has 1 N–H and O–H groups in total. The molecule has 2 heteroatoms. The van der Waals surface area contributed by atoms with Crippen molar-refractivity contribution in [1.82, 2.24) is 5.32 Å². The summed E-state index contributed by atoms with van der Waals surface area (Å²) in [5.41, 5.74) is 0.165. The standard InChI is InChI=1S/C14H28N2/c1-5-7-8-9-10-13(11-15)12-16-14(3,4)6-2/h13,16H,5-10,12H2,1-4H3. The van der Waals surface area contributed by atoms with Gasteiger partial charge in [0.1, 0.15) is 0 Å². The van der Waals surface area contributed by atoms with Crippen molar-refractivity contribution in [2.75, 3.05) is 6.54 Å². The van der Waals surface area contributed by atoms with Crippen LogP contribution >= 0.6 is 0 Å². The maximum absolute atomic E-state index is 9.06. The topological polar surface area (TPSA) is 35.8 Å². The quantitative estimate of drug-likeness (QED) is 0.603. The SMILES string of the molecule is CCCCCCC(C#N)CNC(C)(C)CC. The van der Waals surface area contributed by atoms with Crippen molar-refractivity contribution in [1.29, 1.82) is 5.26 Å². The number of unbranched alkanes of at least 4 members (excludes halogenated alkanes) is 3. The van der Waals surface area contributed by atoms with E-state index in [1.54, 1.807) is 0 Å². The molecule has 0 saturated heterocycles. The second-order valence-electron chi connectivity index (χ2n) is 5.29. The van der Waals surface area contributed by atoms with Crippen LogP contribution < -0.4 is 5.32 Å². The summed E-state index contributed by atoms with van der Waals surface area (Å²) < 4.78 is 0. The van der Waals surface area contributed by atoms with Crippen LogP contribution in [0.25, 0.3) is 0 Å². The molecule has 0 aromatic rings. The second kappa shape index (κ2) is 8.58. The van der Waals surface area contributed by atoms with Gasteiger partial charge in [-0.3, -0.25) is 0 Å². The van der Waals surface area contributed by atoms with E-state index in [0.717, 1.165) is 19.4 Å². The molecule has 2 nitrogen and oxygen atoms in total. The fraction of sp³-hybridized carbons (Fsp3) is 0.929. The summed E-state index contributed by atoms with van der Waals surface area (Å²) in [5, 5.41) is 12.5. The van der Waals surface area contributed by atoms with E-state index in [2.05, 4.69) is 39.1 Å². The van der Waals surface area contributed by atoms with Crippen LogP contribution in [0.2, 0.25) is 0 Å². The van der Waals surface area contributed by atoms with Gasteiger partial charge in [0.25, 0.3) is 0 Å². The fourth-order valence-corrected chi connectivity index (χ4v) is 1.55. The summed E-state index contributed by atoms with van der Waals surface area (Å²) in [6.07, 6.45) is 7.17. The van der Waals surface area contributed by atoms with E-state index in [4.69, 9.17) is 5.26 Å². The molecule has 0 rings (SSSR count). The number of nitrogens with one attached hydrogen (secondary N) is 1. The average molecular weight is 224 g/mol. The molecule has 0 bridgehead atoms. The van der Waals surface area contributed by atoms with Crippen molar-refractivity contribution in [2.45, 2.75) is 71.8 Å². The summed E-state index contributed by atoms with van der Waals surface area (Å²) in [5.74, 6) is 0.183. The average Bonchev–Trinajstić information content (AvgIpc) is 2.28. The predicted octanol–water partition coefficient (Wildman–Crippen LogP) is 3.87. The molecule has 1 atom stereocenters. The van der Waals surface area contributed by atoms with Crippen LogP contribution in [0, 0.1) is 17.2 Å². The second-order valence-corrected chi connectivity index (χ2v) is 5.29. The number of nitrogens with zero attached hydrogens (tertiary/aromatic N) is 1. The molecule has 0 aliphatic carbocycles. The van der Waals surface area contributed by atoms with Crippen LogP contribution in [-0.2, 0) is 0 Å². The Hall–Kier alpha value is -0.550. The first kappa shape index (κ1) is 15.4. The lowest BCUT2D eigenvalue weighted by Crippen LogP contribution is -2.41. The summed E-state index contributed by atoms with van der Waals surface area (Å²) in [6.45, 7) is 9.61. The molecule has 0 amide bonds. The van der Waals surface area contributed by atoms with E-state index in [1.165, 1.54) is 25.7 Å². The molecule has 0 aliphatic rings. The Morgan fingerprint density at radius 1 is 1.19 bits per heavy atom. The lowest BCUT2D eigenvalue weighted by atomic mass is 9.98. The molecule has 94 valence electrons. The fourth-order valence-electron chi connectivity index (χ4n) is 1.55. The van der Waals surface area contributed by atoms with Gasteiger partial charge in [0.05, 0.1) is 12.0 Å². The Morgan fingerprint density at radius 3 is 2.38 bits per heavy atom. The highest BCUT2D eigenvalue weighted by atomic mass is 14.9. The monoisotopic (exact) mass is 224 g/mol. The minimum absolute atomic E-state index is 0.165. The van der Waals surface area contributed by atoms with Crippen molar-refractivity contribution in [3.05, 3.63) is 0 Å². The van der Waals surface area contributed by atoms with Crippen LogP contribution in [0.15, 0.2) is 0 Å². The van der Waals surface area contributed by atoms with Crippen molar-refractivity contribution in [3.8, 4) is 6.07 Å². The molecular formula is C14H28N2. The zero-order valence-electron chi connectivity index (χ0n) is 11.5. The van der Waals surface area contributed by atoms with Gasteiger partial charge in [0.2, 0.25) is 0 Å². The van der Waals surface area contributed by atoms with Crippen LogP contribution in [-0.4, -0.2) is 12.1 Å². The van der Waals surface area contributed by atoms with Crippen molar-refractivity contribution < 1.29 is 0 Å². The number of hydrogen-bond acceptors (Lipinski definition) is 2. The van der Waals surface area contributed by atoms with E-state index in [9.17, 15) is 0 Å². The highest BCUT2D eigenvalue weighted by Gasteiger charge is 2.16. The van der Waals surface area contributed by atoms with E-state index in [0.29, 0.717) is 0 Å². The maximum Gasteiger partial charge on any atom is 0.0669 e. The van der Waals surface area contributed by atoms with Gasteiger partial charge >= 0.3 is 0 Å². The third kappa shape index (κ3) is 7.70. The minimum Gasteiger partial charge on any atom is -0.311 e. The van der Waals surface area contributed by atoms with Crippen molar-refractivity contribution >= 4 is 0 Å². The lowest BCUT2D eigenvalue weighted by Gasteiger charge is -2.26. The zero-order valence-corrected chi connectivity index (χ0v) is 11.5. The van der Waals surface area contributed by atoms with Gasteiger partial charge in [-0.1, -0.05) is 39.5 Å². The molecule has 1 unspecified atom stereocenters. The molecule has 0 heterocycles. The zero-order chi connectivity index (χ0) is 12.4. The van der Waals surface area contributed by atoms with Gasteiger partial charge in [-0.15, -0.1) is 0 Å². The first-order valence-corrected chi connectivity index (χ1v) is 6.70. The van der Waals surface area contributed by atoms with E-state index >= 15 is 0 Å². The Bertz CT molecular complexity index is 203. The molecule has 16 heavy (non-hydrogen) atoms. The highest BCUT2D eigenvalue weighted by Crippen LogP contribution is 2.12. The molecular weight excluding hydrogens is 196 g/mol. The largest absolute Gasteiger partial charge is 0.311 e. The van der Waals surface area contributed by atoms with Crippen LogP contribution in [0.1, 0.15) is 66.2 Å². The van der Waals surface area contributed by atoms with Crippen molar-refractivity contribution in [3.63, 3.8) is 0 Å². The van der Waals surface area contributed by atoms with Crippen molar-refractivity contribution in [2.24, 2.45) is 5.92 Å². The van der Waals surface area contributed by atoms with E-state index in [-0.39, 0.29) is 11.5 Å². The molecule has 0 saturated carbocycles. The summed E-state index contributed by atoms with van der Waals surface area (Å²) in [7, 11) is 0. The molecule has 0 aromatic heterocycles. The summed E-state index contributed by atoms with van der Waals surface area (Å²) in [4.78, 5) is 0. The minimum atomic E-state index is 0.165. The first-order chi connectivity index (χ1) is 7.55. The first-order valence-electron chi connectivity index (χ1n) is 6.70. The molecule has 0 radical (unpaired) electrons. The normalized spacial score (nSPS) is 13.4. The van der Waals surface area contributed by atoms with Crippen LogP contribution in [0.3, 0.4) is 0 Å². The molecule has 0 aliphatic heterocycles. The van der Waals surface area contributed by atoms with Crippen LogP contribution in [0.4, 0.5) is 0 Å². The Labute approximate surface area is 101 Å². The third-order valence-corrected chi connectivity index (χ3v) is 3.30. The Morgan fingerprint density at radius 2 is 1.88 bits per heavy atom. The molecule has 0 spiro atoms. The molecule has 0 aromatic carbocycles. The van der Waals surface area contributed by atoms with E-state index in [1.807, 2.05) is 0 Å². The van der Waals surface area contributed by atoms with Gasteiger partial charge in [0, 0.05) is 12.1 Å². The van der Waals surface area contributed by atoms with Gasteiger partial charge in [0.15, 0.2) is 0 Å². The third-order valence-electron chi connectivity index (χ3n) is 3.30. The van der Waals surface area contributed by atoms with Gasteiger partial charge < -0.3 is 5.32 Å². The van der Waals surface area contributed by atoms with Gasteiger partial charge in [-0.2, -0.15) is 5.26 Å². The predicted molar refractivity (Wildman–Crippen MR) is 70.2 cm³/mol. The van der Waals surface area contributed by atoms with Crippen LogP contribution in [0.5, 0.6) is 0 Å². The summed E-state index contributed by atoms with van der Waals surface area (Å²) in [6, 6.07) is 2.41. The maximum atomic E-state index is 9.06. The molecule has 0 fully saturated rings.